The molecule has 176 valence electrons. The highest BCUT2D eigenvalue weighted by atomic mass is 16.7. The second kappa shape index (κ2) is 11.4. The number of rotatable bonds is 8. The van der Waals surface area contributed by atoms with Crippen molar-refractivity contribution in [3.05, 3.63) is 47.7 Å². The fraction of sp³-hybridized carbons (Fsp3) is 0.545. The van der Waals surface area contributed by atoms with E-state index in [1.54, 1.807) is 13.8 Å². The maximum Gasteiger partial charge on any atom is 0.354 e. The maximum atomic E-state index is 12.4. The van der Waals surface area contributed by atoms with Crippen LogP contribution in [0.1, 0.15) is 25.7 Å². The van der Waals surface area contributed by atoms with Crippen molar-refractivity contribution in [3.63, 3.8) is 0 Å². The van der Waals surface area contributed by atoms with Gasteiger partial charge in [0.1, 0.15) is 30.1 Å². The minimum atomic E-state index is -1.16. The van der Waals surface area contributed by atoms with Crippen LogP contribution in [0.3, 0.4) is 0 Å². The molecule has 2 fully saturated rings. The van der Waals surface area contributed by atoms with Crippen molar-refractivity contribution in [1.82, 2.24) is 5.32 Å². The summed E-state index contributed by atoms with van der Waals surface area (Å²) in [5.41, 5.74) is 0.607. The Hall–Kier alpha value is -2.50. The number of methoxy groups -OCH3 is 1. The van der Waals surface area contributed by atoms with Gasteiger partial charge in [-0.05, 0) is 13.8 Å². The van der Waals surface area contributed by atoms with E-state index in [1.807, 2.05) is 30.3 Å². The number of benzene rings is 1. The molecule has 1 unspecified atom stereocenters. The van der Waals surface area contributed by atoms with E-state index in [4.69, 9.17) is 28.4 Å². The van der Waals surface area contributed by atoms with Crippen LogP contribution in [0.2, 0.25) is 0 Å². The summed E-state index contributed by atoms with van der Waals surface area (Å²) in [5.74, 6) is -1.51. The lowest BCUT2D eigenvalue weighted by molar-refractivity contribution is -0.341. The molecule has 2 aliphatic heterocycles. The van der Waals surface area contributed by atoms with Crippen LogP contribution < -0.4 is 5.32 Å². The van der Waals surface area contributed by atoms with Gasteiger partial charge in [-0.15, -0.1) is 0 Å². The van der Waals surface area contributed by atoms with Gasteiger partial charge in [0.2, 0.25) is 0 Å². The number of hydrogen-bond acceptors (Lipinski definition) is 10. The number of fused-ring (bicyclic) bond motifs is 1. The molecule has 10 heteroatoms. The maximum absolute atomic E-state index is 12.4. The van der Waals surface area contributed by atoms with E-state index in [2.05, 4.69) is 5.32 Å². The molecule has 0 saturated carbocycles. The van der Waals surface area contributed by atoms with Gasteiger partial charge in [-0.25, -0.2) is 9.59 Å². The topological polar surface area (TPSA) is 122 Å². The van der Waals surface area contributed by atoms with Crippen molar-refractivity contribution in [3.8, 4) is 0 Å². The van der Waals surface area contributed by atoms with Gasteiger partial charge < -0.3 is 38.8 Å². The predicted octanol–water partition coefficient (Wildman–Crippen LogP) is 0.801. The van der Waals surface area contributed by atoms with Crippen LogP contribution in [0.5, 0.6) is 0 Å². The molecule has 10 nitrogen and oxygen atoms in total. The van der Waals surface area contributed by atoms with Crippen molar-refractivity contribution in [1.29, 1.82) is 0 Å². The molecule has 32 heavy (non-hydrogen) atoms. The molecule has 0 aromatic heterocycles. The minimum Gasteiger partial charge on any atom is -0.463 e. The Balaban J connectivity index is 1.80. The van der Waals surface area contributed by atoms with Gasteiger partial charge in [0, 0.05) is 12.7 Å². The van der Waals surface area contributed by atoms with Crippen LogP contribution >= 0.6 is 0 Å². The van der Waals surface area contributed by atoms with E-state index in [9.17, 15) is 14.7 Å². The number of aliphatic hydroxyl groups is 1. The zero-order valence-electron chi connectivity index (χ0n) is 18.3. The van der Waals surface area contributed by atoms with E-state index >= 15 is 0 Å². The molecule has 0 spiro atoms. The molecular weight excluding hydrogens is 422 g/mol. The smallest absolute Gasteiger partial charge is 0.354 e. The predicted molar refractivity (Wildman–Crippen MR) is 110 cm³/mol. The lowest BCUT2D eigenvalue weighted by atomic mass is 9.95. The third kappa shape index (κ3) is 5.64. The van der Waals surface area contributed by atoms with Gasteiger partial charge in [0.05, 0.1) is 25.9 Å². The number of carbonyl (C=O) groups excluding carboxylic acids is 2. The third-order valence-corrected chi connectivity index (χ3v) is 5.04. The first-order valence-corrected chi connectivity index (χ1v) is 10.5. The molecule has 0 amide bonds. The van der Waals surface area contributed by atoms with Gasteiger partial charge in [-0.3, -0.25) is 0 Å². The van der Waals surface area contributed by atoms with Gasteiger partial charge in [0.25, 0.3) is 0 Å². The highest BCUT2D eigenvalue weighted by Crippen LogP contribution is 2.34. The van der Waals surface area contributed by atoms with Crippen LogP contribution in [0, 0.1) is 0 Å². The Kier molecular flexibility index (Phi) is 8.60. The SMILES string of the molecule is CCOC(=O)/C=C(/N[C@H]1[C@@H](OC)O[C@@H]2COC(c3ccccc3)O[C@H]2[C@@H]1O)C(=O)OCC. The zero-order valence-corrected chi connectivity index (χ0v) is 18.3. The van der Waals surface area contributed by atoms with Crippen LogP contribution in [0.25, 0.3) is 0 Å². The summed E-state index contributed by atoms with van der Waals surface area (Å²) in [5, 5.41) is 14.0. The number of carbonyl (C=O) groups is 2. The molecule has 2 aliphatic rings. The van der Waals surface area contributed by atoms with Gasteiger partial charge >= 0.3 is 11.9 Å². The van der Waals surface area contributed by atoms with Crippen LogP contribution in [0.4, 0.5) is 0 Å². The number of ether oxygens (including phenoxy) is 6. The second-order valence-corrected chi connectivity index (χ2v) is 7.15. The Morgan fingerprint density at radius 2 is 1.88 bits per heavy atom. The van der Waals surface area contributed by atoms with Crippen molar-refractivity contribution < 1.29 is 43.1 Å². The van der Waals surface area contributed by atoms with Crippen molar-refractivity contribution >= 4 is 11.9 Å². The summed E-state index contributed by atoms with van der Waals surface area (Å²) in [6.45, 7) is 3.70. The van der Waals surface area contributed by atoms with Crippen molar-refractivity contribution in [2.45, 2.75) is 50.8 Å². The Labute approximate surface area is 186 Å². The quantitative estimate of drug-likeness (QED) is 0.434. The van der Waals surface area contributed by atoms with E-state index in [1.165, 1.54) is 7.11 Å². The van der Waals surface area contributed by atoms with Crippen molar-refractivity contribution in [2.24, 2.45) is 0 Å². The summed E-state index contributed by atoms with van der Waals surface area (Å²) in [6.07, 6.45) is -3.18. The summed E-state index contributed by atoms with van der Waals surface area (Å²) in [6, 6.07) is 8.37. The Bertz CT molecular complexity index is 800. The normalized spacial score (nSPS) is 30.2. The fourth-order valence-corrected chi connectivity index (χ4v) is 3.58. The molecular formula is C22H29NO9. The molecule has 2 heterocycles. The van der Waals surface area contributed by atoms with Crippen molar-refractivity contribution in [2.75, 3.05) is 26.9 Å². The molecule has 0 bridgehead atoms. The highest BCUT2D eigenvalue weighted by Gasteiger charge is 2.50. The van der Waals surface area contributed by atoms with E-state index in [0.717, 1.165) is 11.6 Å². The van der Waals surface area contributed by atoms with Gasteiger partial charge in [0.15, 0.2) is 12.6 Å². The number of hydrogen-bond donors (Lipinski definition) is 2. The molecule has 1 aromatic carbocycles. The monoisotopic (exact) mass is 451 g/mol. The third-order valence-electron chi connectivity index (χ3n) is 5.04. The Morgan fingerprint density at radius 3 is 2.53 bits per heavy atom. The standard InChI is InChI=1S/C22H29NO9/c1-4-28-16(24)11-14(20(26)29-5-2)23-17-18(25)19-15(31-22(17)27-3)12-30-21(32-19)13-9-7-6-8-10-13/h6-11,15,17-19,21-23,25H,4-5,12H2,1-3H3/b14-11+/t15-,17-,18-,19-,21?,22+/m1/s1. The first-order valence-electron chi connectivity index (χ1n) is 10.5. The number of esters is 2. The molecule has 1 aromatic rings. The summed E-state index contributed by atoms with van der Waals surface area (Å²) in [7, 11) is 1.41. The van der Waals surface area contributed by atoms with Crippen LogP contribution in [0.15, 0.2) is 42.1 Å². The van der Waals surface area contributed by atoms with E-state index in [-0.39, 0.29) is 25.5 Å². The first-order chi connectivity index (χ1) is 15.5. The molecule has 2 N–H and O–H groups in total. The summed E-state index contributed by atoms with van der Waals surface area (Å²) < 4.78 is 33.0. The van der Waals surface area contributed by atoms with E-state index < -0.39 is 48.9 Å². The molecule has 2 saturated heterocycles. The van der Waals surface area contributed by atoms with Crippen LogP contribution in [-0.2, 0) is 38.0 Å². The average molecular weight is 451 g/mol. The van der Waals surface area contributed by atoms with Gasteiger partial charge in [-0.1, -0.05) is 30.3 Å². The molecule has 6 atom stereocenters. The number of nitrogens with one attached hydrogen (secondary N) is 1. The molecule has 0 radical (unpaired) electrons. The molecule has 3 rings (SSSR count). The first kappa shape index (κ1) is 24.1. The summed E-state index contributed by atoms with van der Waals surface area (Å²) in [4.78, 5) is 24.4. The zero-order chi connectivity index (χ0) is 23.1. The van der Waals surface area contributed by atoms with Crippen LogP contribution in [-0.4, -0.2) is 74.6 Å². The number of aliphatic hydroxyl groups excluding tert-OH is 1. The van der Waals surface area contributed by atoms with E-state index in [0.29, 0.717) is 0 Å². The fourth-order valence-electron chi connectivity index (χ4n) is 3.58. The van der Waals surface area contributed by atoms with Gasteiger partial charge in [-0.2, -0.15) is 0 Å². The second-order valence-electron chi connectivity index (χ2n) is 7.15. The summed E-state index contributed by atoms with van der Waals surface area (Å²) >= 11 is 0. The minimum absolute atomic E-state index is 0.0992. The average Bonchev–Trinajstić information content (AvgIpc) is 2.80. The largest absolute Gasteiger partial charge is 0.463 e. The Morgan fingerprint density at radius 1 is 1.16 bits per heavy atom. The highest BCUT2D eigenvalue weighted by molar-refractivity contribution is 5.95. The lowest BCUT2D eigenvalue weighted by Gasteiger charge is -2.47. The lowest BCUT2D eigenvalue weighted by Crippen LogP contribution is -2.66. The molecule has 0 aliphatic carbocycles.